The van der Waals surface area contributed by atoms with Gasteiger partial charge in [-0.3, -0.25) is 0 Å². The van der Waals surface area contributed by atoms with Gasteiger partial charge in [0.25, 0.3) is 0 Å². The first-order valence-corrected chi connectivity index (χ1v) is 8.57. The molecule has 0 fully saturated rings. The van der Waals surface area contributed by atoms with Crippen molar-refractivity contribution in [2.45, 2.75) is 73.0 Å². The molecule has 1 rings (SSSR count). The minimum Gasteiger partial charge on any atom is -0.458 e. The molecule has 130 valence electrons. The van der Waals surface area contributed by atoms with Crippen LogP contribution in [0.2, 0.25) is 0 Å². The maximum absolute atomic E-state index is 12.1. The Kier molecular flexibility index (Phi) is 7.77. The number of rotatable bonds is 3. The maximum Gasteiger partial charge on any atom is 0.330 e. The van der Waals surface area contributed by atoms with Gasteiger partial charge in [-0.15, -0.1) is 0 Å². The molecule has 0 saturated carbocycles. The highest BCUT2D eigenvalue weighted by molar-refractivity contribution is 5.82. The van der Waals surface area contributed by atoms with Gasteiger partial charge in [-0.05, 0) is 46.5 Å². The SMILES string of the molecule is CC(C)=CC(=O)OC1CC(C)=CCCC(C)=CC(O)C1C(C)C. The molecule has 3 atom stereocenters. The molecule has 3 nitrogen and oxygen atoms in total. The van der Waals surface area contributed by atoms with Crippen molar-refractivity contribution in [1.82, 2.24) is 0 Å². The summed E-state index contributed by atoms with van der Waals surface area (Å²) < 4.78 is 5.74. The van der Waals surface area contributed by atoms with E-state index in [9.17, 15) is 9.90 Å². The number of carbonyl (C=O) groups excluding carboxylic acids is 1. The molecule has 0 heterocycles. The molecule has 3 heteroatoms. The summed E-state index contributed by atoms with van der Waals surface area (Å²) in [6, 6.07) is 0. The zero-order chi connectivity index (χ0) is 17.6. The minimum absolute atomic E-state index is 0.110. The van der Waals surface area contributed by atoms with Crippen LogP contribution in [-0.2, 0) is 9.53 Å². The zero-order valence-electron chi connectivity index (χ0n) is 15.4. The molecule has 0 radical (unpaired) electrons. The molecule has 3 unspecified atom stereocenters. The number of allylic oxidation sites excluding steroid dienone is 3. The van der Waals surface area contributed by atoms with E-state index in [2.05, 4.69) is 33.8 Å². The fourth-order valence-electron chi connectivity index (χ4n) is 3.15. The van der Waals surface area contributed by atoms with Gasteiger partial charge < -0.3 is 9.84 Å². The van der Waals surface area contributed by atoms with Gasteiger partial charge in [0.2, 0.25) is 0 Å². The second-order valence-corrected chi connectivity index (χ2v) is 7.32. The minimum atomic E-state index is -0.592. The third-order valence-corrected chi connectivity index (χ3v) is 4.28. The first kappa shape index (κ1) is 19.7. The molecule has 0 aromatic carbocycles. The summed E-state index contributed by atoms with van der Waals surface area (Å²) in [5.74, 6) is -0.217. The number of aliphatic hydroxyl groups is 1. The van der Waals surface area contributed by atoms with Gasteiger partial charge in [0.1, 0.15) is 6.10 Å². The van der Waals surface area contributed by atoms with Gasteiger partial charge in [-0.1, -0.05) is 42.7 Å². The molecule has 0 aromatic heterocycles. The highest BCUT2D eigenvalue weighted by Crippen LogP contribution is 2.30. The molecule has 0 saturated heterocycles. The van der Waals surface area contributed by atoms with Crippen LogP contribution in [0.5, 0.6) is 0 Å². The molecular weight excluding hydrogens is 288 g/mol. The molecule has 1 N–H and O–H groups in total. The number of carbonyl (C=O) groups is 1. The Balaban J connectivity index is 3.12. The number of ether oxygens (including phenoxy) is 1. The standard InChI is InChI=1S/C20H32O3/c1-13(2)10-19(22)23-18-12-16(6)9-7-8-15(5)11-17(21)20(18)14(3)4/h9-11,14,17-18,20-21H,7-8,12H2,1-6H3. The molecular formula is C20H32O3. The molecule has 0 aromatic rings. The summed E-state index contributed by atoms with van der Waals surface area (Å²) in [5.41, 5.74) is 3.32. The van der Waals surface area contributed by atoms with Crippen LogP contribution in [0.4, 0.5) is 0 Å². The van der Waals surface area contributed by atoms with Crippen molar-refractivity contribution in [2.24, 2.45) is 11.8 Å². The largest absolute Gasteiger partial charge is 0.458 e. The maximum atomic E-state index is 12.1. The summed E-state index contributed by atoms with van der Waals surface area (Å²) in [6.45, 7) is 12.0. The molecule has 1 aliphatic carbocycles. The topological polar surface area (TPSA) is 46.5 Å². The van der Waals surface area contributed by atoms with Crippen molar-refractivity contribution in [1.29, 1.82) is 0 Å². The van der Waals surface area contributed by atoms with Crippen molar-refractivity contribution >= 4 is 5.97 Å². The molecule has 0 bridgehead atoms. The van der Waals surface area contributed by atoms with Crippen LogP contribution in [0.1, 0.15) is 60.8 Å². The van der Waals surface area contributed by atoms with E-state index in [1.54, 1.807) is 0 Å². The van der Waals surface area contributed by atoms with E-state index in [4.69, 9.17) is 4.74 Å². The van der Waals surface area contributed by atoms with E-state index < -0.39 is 6.10 Å². The lowest BCUT2D eigenvalue weighted by Crippen LogP contribution is -2.38. The first-order chi connectivity index (χ1) is 10.7. The van der Waals surface area contributed by atoms with Gasteiger partial charge in [-0.25, -0.2) is 4.79 Å². The third-order valence-electron chi connectivity index (χ3n) is 4.28. The Morgan fingerprint density at radius 3 is 2.52 bits per heavy atom. The van der Waals surface area contributed by atoms with Crippen LogP contribution in [0.15, 0.2) is 34.9 Å². The van der Waals surface area contributed by atoms with E-state index in [0.717, 1.165) is 18.4 Å². The van der Waals surface area contributed by atoms with Gasteiger partial charge in [0.05, 0.1) is 6.10 Å². The van der Waals surface area contributed by atoms with Crippen molar-refractivity contribution in [3.8, 4) is 0 Å². The predicted octanol–water partition coefficient (Wildman–Crippen LogP) is 4.57. The third kappa shape index (κ3) is 6.74. The van der Waals surface area contributed by atoms with Gasteiger partial charge >= 0.3 is 5.97 Å². The van der Waals surface area contributed by atoms with E-state index in [1.807, 2.05) is 19.9 Å². The first-order valence-electron chi connectivity index (χ1n) is 8.57. The number of hydrogen-bond donors (Lipinski definition) is 1. The van der Waals surface area contributed by atoms with Crippen molar-refractivity contribution in [2.75, 3.05) is 0 Å². The van der Waals surface area contributed by atoms with Crippen molar-refractivity contribution in [3.63, 3.8) is 0 Å². The summed E-state index contributed by atoms with van der Waals surface area (Å²) in [6.07, 6.45) is 7.35. The number of esters is 1. The molecule has 0 aliphatic heterocycles. The Labute approximate surface area is 141 Å². The quantitative estimate of drug-likeness (QED) is 0.470. The molecule has 23 heavy (non-hydrogen) atoms. The summed E-state index contributed by atoms with van der Waals surface area (Å²) in [4.78, 5) is 12.1. The highest BCUT2D eigenvalue weighted by atomic mass is 16.5. The lowest BCUT2D eigenvalue weighted by Gasteiger charge is -2.33. The van der Waals surface area contributed by atoms with Crippen molar-refractivity contribution < 1.29 is 14.6 Å². The fourth-order valence-corrected chi connectivity index (χ4v) is 3.15. The smallest absolute Gasteiger partial charge is 0.330 e. The van der Waals surface area contributed by atoms with Crippen LogP contribution in [0, 0.1) is 11.8 Å². The van der Waals surface area contributed by atoms with Crippen LogP contribution in [0.3, 0.4) is 0 Å². The van der Waals surface area contributed by atoms with Crippen LogP contribution in [0.25, 0.3) is 0 Å². The lowest BCUT2D eigenvalue weighted by molar-refractivity contribution is -0.148. The molecule has 0 amide bonds. The van der Waals surface area contributed by atoms with Crippen LogP contribution < -0.4 is 0 Å². The second-order valence-electron chi connectivity index (χ2n) is 7.32. The van der Waals surface area contributed by atoms with E-state index in [1.165, 1.54) is 17.2 Å². The average molecular weight is 320 g/mol. The van der Waals surface area contributed by atoms with Gasteiger partial charge in [-0.2, -0.15) is 0 Å². The molecule has 0 spiro atoms. The normalized spacial score (nSPS) is 26.2. The van der Waals surface area contributed by atoms with Gasteiger partial charge in [0, 0.05) is 18.4 Å². The molecule has 1 aliphatic rings. The second kappa shape index (κ2) is 9.07. The summed E-state index contributed by atoms with van der Waals surface area (Å²) in [5, 5.41) is 10.7. The Bertz CT molecular complexity index is 493. The van der Waals surface area contributed by atoms with Crippen molar-refractivity contribution in [3.05, 3.63) is 34.9 Å². The van der Waals surface area contributed by atoms with Crippen LogP contribution >= 0.6 is 0 Å². The lowest BCUT2D eigenvalue weighted by atomic mass is 9.81. The Morgan fingerprint density at radius 1 is 1.30 bits per heavy atom. The monoisotopic (exact) mass is 320 g/mol. The number of aliphatic hydroxyl groups excluding tert-OH is 1. The zero-order valence-corrected chi connectivity index (χ0v) is 15.4. The summed E-state index contributed by atoms with van der Waals surface area (Å²) in [7, 11) is 0. The fraction of sp³-hybridized carbons (Fsp3) is 0.650. The summed E-state index contributed by atoms with van der Waals surface area (Å²) >= 11 is 0. The van der Waals surface area contributed by atoms with Gasteiger partial charge in [0.15, 0.2) is 0 Å². The Morgan fingerprint density at radius 2 is 1.96 bits per heavy atom. The number of hydrogen-bond acceptors (Lipinski definition) is 3. The average Bonchev–Trinajstić information content (AvgIpc) is 2.35. The predicted molar refractivity (Wildman–Crippen MR) is 95.0 cm³/mol. The highest BCUT2D eigenvalue weighted by Gasteiger charge is 2.33. The van der Waals surface area contributed by atoms with E-state index >= 15 is 0 Å². The Hall–Kier alpha value is -1.35. The van der Waals surface area contributed by atoms with E-state index in [-0.39, 0.29) is 23.9 Å². The van der Waals surface area contributed by atoms with Crippen LogP contribution in [-0.4, -0.2) is 23.3 Å². The van der Waals surface area contributed by atoms with E-state index in [0.29, 0.717) is 6.42 Å².